The summed E-state index contributed by atoms with van der Waals surface area (Å²) in [6.45, 7) is 5.53. The molecule has 0 unspecified atom stereocenters. The summed E-state index contributed by atoms with van der Waals surface area (Å²) in [6.07, 6.45) is 0. The van der Waals surface area contributed by atoms with Gasteiger partial charge in [-0.05, 0) is 56.2 Å². The van der Waals surface area contributed by atoms with E-state index < -0.39 is 0 Å². The highest BCUT2D eigenvalue weighted by molar-refractivity contribution is 7.99. The van der Waals surface area contributed by atoms with E-state index in [1.165, 1.54) is 12.5 Å². The second-order valence-electron chi connectivity index (χ2n) is 6.11. The van der Waals surface area contributed by atoms with Gasteiger partial charge in [-0.3, -0.25) is 9.59 Å². The van der Waals surface area contributed by atoms with Crippen molar-refractivity contribution >= 4 is 29.1 Å². The number of benzene rings is 2. The molecule has 138 valence electrons. The van der Waals surface area contributed by atoms with Crippen LogP contribution in [0, 0.1) is 13.8 Å². The van der Waals surface area contributed by atoms with Crippen molar-refractivity contribution in [2.75, 3.05) is 11.1 Å². The molecule has 1 aromatic heterocycles. The third-order valence-electron chi connectivity index (χ3n) is 4.07. The highest BCUT2D eigenvalue weighted by atomic mass is 32.2. The minimum Gasteiger partial charge on any atom is -0.411 e. The zero-order valence-electron chi connectivity index (χ0n) is 15.3. The van der Waals surface area contributed by atoms with E-state index >= 15 is 0 Å². The average Bonchev–Trinajstić information content (AvgIpc) is 3.11. The van der Waals surface area contributed by atoms with Gasteiger partial charge in [0.1, 0.15) is 0 Å². The van der Waals surface area contributed by atoms with E-state index in [0.29, 0.717) is 22.4 Å². The molecule has 1 N–H and O–H groups in total. The molecule has 0 atom stereocenters. The lowest BCUT2D eigenvalue weighted by Crippen LogP contribution is -2.16. The number of para-hydroxylation sites is 1. The summed E-state index contributed by atoms with van der Waals surface area (Å²) in [5.74, 6) is 0.164. The smallest absolute Gasteiger partial charge is 0.277 e. The number of carbonyl (C=O) groups is 2. The summed E-state index contributed by atoms with van der Waals surface area (Å²) in [6, 6.07) is 12.8. The van der Waals surface area contributed by atoms with Crippen LogP contribution in [0.2, 0.25) is 0 Å². The third-order valence-corrected chi connectivity index (χ3v) is 4.89. The number of nitrogens with zero attached hydrogens (tertiary/aromatic N) is 2. The SMILES string of the molecule is CC(=O)c1ccccc1NC(=O)CSc1nnc(-c2ccc(C)c(C)c2)o1. The van der Waals surface area contributed by atoms with Crippen LogP contribution in [0.4, 0.5) is 5.69 Å². The van der Waals surface area contributed by atoms with E-state index in [1.807, 2.05) is 32.0 Å². The Balaban J connectivity index is 1.62. The number of nitrogens with one attached hydrogen (secondary N) is 1. The van der Waals surface area contributed by atoms with Crippen LogP contribution in [0.25, 0.3) is 11.5 Å². The average molecular weight is 381 g/mol. The van der Waals surface area contributed by atoms with Crippen LogP contribution in [0.1, 0.15) is 28.4 Å². The van der Waals surface area contributed by atoms with Gasteiger partial charge in [-0.15, -0.1) is 10.2 Å². The van der Waals surface area contributed by atoms with Crippen molar-refractivity contribution in [3.05, 3.63) is 59.2 Å². The van der Waals surface area contributed by atoms with Crippen molar-refractivity contribution < 1.29 is 14.0 Å². The quantitative estimate of drug-likeness (QED) is 0.506. The molecule has 0 aliphatic heterocycles. The molecule has 0 aliphatic carbocycles. The van der Waals surface area contributed by atoms with Gasteiger partial charge in [-0.1, -0.05) is 30.0 Å². The molecule has 27 heavy (non-hydrogen) atoms. The number of rotatable bonds is 6. The Hall–Kier alpha value is -2.93. The molecule has 0 saturated carbocycles. The highest BCUT2D eigenvalue weighted by Gasteiger charge is 2.13. The molecule has 3 aromatic rings. The van der Waals surface area contributed by atoms with Crippen LogP contribution in [-0.4, -0.2) is 27.6 Å². The molecule has 6 nitrogen and oxygen atoms in total. The van der Waals surface area contributed by atoms with Gasteiger partial charge in [-0.2, -0.15) is 0 Å². The van der Waals surface area contributed by atoms with Crippen LogP contribution in [0.3, 0.4) is 0 Å². The van der Waals surface area contributed by atoms with Crippen molar-refractivity contribution in [1.29, 1.82) is 0 Å². The van der Waals surface area contributed by atoms with Crippen LogP contribution < -0.4 is 5.32 Å². The standard InChI is InChI=1S/C20H19N3O3S/c1-12-8-9-15(10-13(12)2)19-22-23-20(26-19)27-11-18(25)21-17-7-5-4-6-16(17)14(3)24/h4-10H,11H2,1-3H3,(H,21,25). The van der Waals surface area contributed by atoms with E-state index in [4.69, 9.17) is 4.42 Å². The fourth-order valence-corrected chi connectivity index (χ4v) is 3.04. The van der Waals surface area contributed by atoms with Gasteiger partial charge in [0.25, 0.3) is 5.22 Å². The summed E-state index contributed by atoms with van der Waals surface area (Å²) >= 11 is 1.15. The van der Waals surface area contributed by atoms with Gasteiger partial charge < -0.3 is 9.73 Å². The Morgan fingerprint density at radius 2 is 1.85 bits per heavy atom. The van der Waals surface area contributed by atoms with Crippen LogP contribution in [0.15, 0.2) is 52.1 Å². The molecule has 0 spiro atoms. The molecule has 0 aliphatic rings. The summed E-state index contributed by atoms with van der Waals surface area (Å²) in [5.41, 5.74) is 4.15. The molecule has 0 radical (unpaired) electrons. The number of aromatic nitrogens is 2. The number of hydrogen-bond donors (Lipinski definition) is 1. The van der Waals surface area contributed by atoms with E-state index in [9.17, 15) is 9.59 Å². The van der Waals surface area contributed by atoms with Gasteiger partial charge in [0, 0.05) is 11.1 Å². The Morgan fingerprint density at radius 1 is 1.07 bits per heavy atom. The van der Waals surface area contributed by atoms with Gasteiger partial charge in [0.05, 0.1) is 11.4 Å². The molecule has 7 heteroatoms. The van der Waals surface area contributed by atoms with Crippen LogP contribution in [-0.2, 0) is 4.79 Å². The normalized spacial score (nSPS) is 10.6. The predicted molar refractivity (Wildman–Crippen MR) is 105 cm³/mol. The summed E-state index contributed by atoms with van der Waals surface area (Å²) in [5, 5.41) is 11.1. The van der Waals surface area contributed by atoms with Crippen molar-refractivity contribution in [2.24, 2.45) is 0 Å². The molecular formula is C20H19N3O3S. The maximum Gasteiger partial charge on any atom is 0.277 e. The van der Waals surface area contributed by atoms with Crippen molar-refractivity contribution in [1.82, 2.24) is 10.2 Å². The topological polar surface area (TPSA) is 85.1 Å². The second kappa shape index (κ2) is 8.18. The summed E-state index contributed by atoms with van der Waals surface area (Å²) in [7, 11) is 0. The monoisotopic (exact) mass is 381 g/mol. The Morgan fingerprint density at radius 3 is 2.59 bits per heavy atom. The fraction of sp³-hybridized carbons (Fsp3) is 0.200. The zero-order chi connectivity index (χ0) is 19.4. The van der Waals surface area contributed by atoms with Crippen LogP contribution in [0.5, 0.6) is 0 Å². The molecule has 0 saturated heterocycles. The van der Waals surface area contributed by atoms with Gasteiger partial charge in [0.2, 0.25) is 11.8 Å². The minimum absolute atomic E-state index is 0.0980. The summed E-state index contributed by atoms with van der Waals surface area (Å²) < 4.78 is 5.63. The molecule has 2 aromatic carbocycles. The van der Waals surface area contributed by atoms with Crippen LogP contribution >= 0.6 is 11.8 Å². The van der Waals surface area contributed by atoms with E-state index in [2.05, 4.69) is 15.5 Å². The number of ketones is 1. The first-order valence-electron chi connectivity index (χ1n) is 8.38. The summed E-state index contributed by atoms with van der Waals surface area (Å²) in [4.78, 5) is 23.8. The first-order valence-corrected chi connectivity index (χ1v) is 9.36. The van der Waals surface area contributed by atoms with E-state index in [0.717, 1.165) is 22.9 Å². The number of amides is 1. The molecule has 1 heterocycles. The molecular weight excluding hydrogens is 362 g/mol. The van der Waals surface area contributed by atoms with Gasteiger partial charge in [-0.25, -0.2) is 0 Å². The number of aryl methyl sites for hydroxylation is 2. The lowest BCUT2D eigenvalue weighted by atomic mass is 10.1. The molecule has 0 fully saturated rings. The van der Waals surface area contributed by atoms with Crippen molar-refractivity contribution in [3.63, 3.8) is 0 Å². The van der Waals surface area contributed by atoms with E-state index in [-0.39, 0.29) is 17.4 Å². The zero-order valence-corrected chi connectivity index (χ0v) is 16.1. The predicted octanol–water partition coefficient (Wildman–Crippen LogP) is 4.29. The number of anilines is 1. The lowest BCUT2D eigenvalue weighted by Gasteiger charge is -2.08. The van der Waals surface area contributed by atoms with Gasteiger partial charge in [0.15, 0.2) is 5.78 Å². The largest absolute Gasteiger partial charge is 0.411 e. The number of thioether (sulfide) groups is 1. The first kappa shape index (κ1) is 18.8. The lowest BCUT2D eigenvalue weighted by molar-refractivity contribution is -0.113. The number of Topliss-reactive ketones (excluding diaryl/α,β-unsaturated/α-hetero) is 1. The van der Waals surface area contributed by atoms with Crippen molar-refractivity contribution in [2.45, 2.75) is 26.0 Å². The second-order valence-corrected chi connectivity index (χ2v) is 7.04. The maximum absolute atomic E-state index is 12.2. The van der Waals surface area contributed by atoms with Gasteiger partial charge >= 0.3 is 0 Å². The maximum atomic E-state index is 12.2. The third kappa shape index (κ3) is 4.62. The highest BCUT2D eigenvalue weighted by Crippen LogP contribution is 2.25. The minimum atomic E-state index is -0.250. The van der Waals surface area contributed by atoms with E-state index in [1.54, 1.807) is 24.3 Å². The number of hydrogen-bond acceptors (Lipinski definition) is 6. The Labute approximate surface area is 161 Å². The Bertz CT molecular complexity index is 998. The molecule has 1 amide bonds. The first-order chi connectivity index (χ1) is 12.9. The number of carbonyl (C=O) groups excluding carboxylic acids is 2. The Kier molecular flexibility index (Phi) is 5.71. The molecule has 3 rings (SSSR count). The fourth-order valence-electron chi connectivity index (χ4n) is 2.47. The molecule has 0 bridgehead atoms. The van der Waals surface area contributed by atoms with Crippen molar-refractivity contribution in [3.8, 4) is 11.5 Å².